The predicted octanol–water partition coefficient (Wildman–Crippen LogP) is 0.168. The van der Waals surface area contributed by atoms with Crippen molar-refractivity contribution >= 4 is 11.8 Å². The van der Waals surface area contributed by atoms with Gasteiger partial charge in [0.1, 0.15) is 0 Å². The van der Waals surface area contributed by atoms with E-state index in [1.165, 1.54) is 0 Å². The van der Waals surface area contributed by atoms with E-state index in [2.05, 4.69) is 10.6 Å². The number of rotatable bonds is 6. The summed E-state index contributed by atoms with van der Waals surface area (Å²) in [5.41, 5.74) is 5.68. The Morgan fingerprint density at radius 1 is 1.33 bits per heavy atom. The number of carbonyl (C=O) groups is 2. The zero-order chi connectivity index (χ0) is 13.5. The van der Waals surface area contributed by atoms with Crippen LogP contribution in [0.4, 0.5) is 0 Å². The van der Waals surface area contributed by atoms with Gasteiger partial charge in [0.2, 0.25) is 11.8 Å². The second kappa shape index (κ2) is 7.16. The molecule has 1 rings (SSSR count). The van der Waals surface area contributed by atoms with Gasteiger partial charge in [-0.15, -0.1) is 0 Å². The number of hydrogen-bond acceptors (Lipinski definition) is 3. The van der Waals surface area contributed by atoms with Crippen LogP contribution in [0.2, 0.25) is 0 Å². The highest BCUT2D eigenvalue weighted by atomic mass is 16.2. The lowest BCUT2D eigenvalue weighted by atomic mass is 10.1. The minimum absolute atomic E-state index is 0.0184. The molecule has 0 aromatic rings. The van der Waals surface area contributed by atoms with Crippen LogP contribution in [0.1, 0.15) is 26.7 Å². The molecule has 0 heterocycles. The first-order valence-corrected chi connectivity index (χ1v) is 6.47. The maximum atomic E-state index is 11.7. The fraction of sp³-hybridized carbons (Fsp3) is 0.692. The van der Waals surface area contributed by atoms with Crippen LogP contribution in [0.15, 0.2) is 12.2 Å². The molecule has 0 fully saturated rings. The molecular weight excluding hydrogens is 230 g/mol. The Hall–Kier alpha value is -1.36. The van der Waals surface area contributed by atoms with Crippen molar-refractivity contribution < 1.29 is 9.59 Å². The maximum Gasteiger partial charge on any atom is 0.227 e. The van der Waals surface area contributed by atoms with Crippen molar-refractivity contribution in [2.45, 2.75) is 32.7 Å². The van der Waals surface area contributed by atoms with E-state index < -0.39 is 0 Å². The minimum Gasteiger partial charge on any atom is -0.356 e. The molecule has 0 saturated carbocycles. The standard InChI is InChI=1S/C13H23N3O2/c1-9(2)8-16-12(17)5-6-15-13(18)10-3-4-11(14)7-10/h3-4,9-11H,5-8,14H2,1-2H3,(H,15,18)(H,16,17). The van der Waals surface area contributed by atoms with Gasteiger partial charge in [0.15, 0.2) is 0 Å². The molecule has 5 heteroatoms. The molecule has 0 radical (unpaired) electrons. The van der Waals surface area contributed by atoms with Crippen molar-refractivity contribution in [3.63, 3.8) is 0 Å². The summed E-state index contributed by atoms with van der Waals surface area (Å²) in [5.74, 6) is 0.228. The lowest BCUT2D eigenvalue weighted by Crippen LogP contribution is -2.35. The Bertz CT molecular complexity index is 326. The van der Waals surface area contributed by atoms with Crippen LogP contribution in [0.5, 0.6) is 0 Å². The van der Waals surface area contributed by atoms with Gasteiger partial charge in [0, 0.05) is 25.6 Å². The van der Waals surface area contributed by atoms with Crippen LogP contribution in [0, 0.1) is 11.8 Å². The Balaban J connectivity index is 2.12. The normalized spacial score (nSPS) is 22.2. The molecule has 0 aromatic carbocycles. The van der Waals surface area contributed by atoms with Gasteiger partial charge in [-0.25, -0.2) is 0 Å². The van der Waals surface area contributed by atoms with Crippen LogP contribution < -0.4 is 16.4 Å². The van der Waals surface area contributed by atoms with Crippen LogP contribution in [-0.4, -0.2) is 30.9 Å². The second-order valence-corrected chi connectivity index (χ2v) is 5.13. The predicted molar refractivity (Wildman–Crippen MR) is 70.7 cm³/mol. The molecular formula is C13H23N3O2. The van der Waals surface area contributed by atoms with Gasteiger partial charge in [-0.05, 0) is 12.3 Å². The van der Waals surface area contributed by atoms with E-state index in [0.717, 1.165) is 0 Å². The largest absolute Gasteiger partial charge is 0.356 e. The average molecular weight is 253 g/mol. The molecule has 1 aliphatic carbocycles. The SMILES string of the molecule is CC(C)CNC(=O)CCNC(=O)C1C=CC(N)C1. The summed E-state index contributed by atoms with van der Waals surface area (Å²) in [6, 6.07) is -0.0184. The molecule has 0 bridgehead atoms. The lowest BCUT2D eigenvalue weighted by molar-refractivity contribution is -0.124. The lowest BCUT2D eigenvalue weighted by Gasteiger charge is -2.11. The second-order valence-electron chi connectivity index (χ2n) is 5.13. The van der Waals surface area contributed by atoms with Crippen LogP contribution in [0.3, 0.4) is 0 Å². The molecule has 0 aromatic heterocycles. The number of amides is 2. The molecule has 18 heavy (non-hydrogen) atoms. The molecule has 2 atom stereocenters. The number of nitrogens with one attached hydrogen (secondary N) is 2. The molecule has 0 saturated heterocycles. The molecule has 5 nitrogen and oxygen atoms in total. The Morgan fingerprint density at radius 3 is 2.61 bits per heavy atom. The molecule has 2 unspecified atom stereocenters. The van der Waals surface area contributed by atoms with Crippen molar-refractivity contribution in [1.29, 1.82) is 0 Å². The van der Waals surface area contributed by atoms with Crippen molar-refractivity contribution in [2.24, 2.45) is 17.6 Å². The Morgan fingerprint density at radius 2 is 2.06 bits per heavy atom. The Labute approximate surface area is 108 Å². The fourth-order valence-electron chi connectivity index (χ4n) is 1.76. The van der Waals surface area contributed by atoms with E-state index >= 15 is 0 Å². The summed E-state index contributed by atoms with van der Waals surface area (Å²) in [4.78, 5) is 23.1. The molecule has 2 amide bonds. The van der Waals surface area contributed by atoms with E-state index in [9.17, 15) is 9.59 Å². The van der Waals surface area contributed by atoms with Gasteiger partial charge in [-0.2, -0.15) is 0 Å². The third-order valence-corrected chi connectivity index (χ3v) is 2.81. The van der Waals surface area contributed by atoms with E-state index in [1.807, 2.05) is 26.0 Å². The summed E-state index contributed by atoms with van der Waals surface area (Å²) < 4.78 is 0. The number of carbonyl (C=O) groups excluding carboxylic acids is 2. The quantitative estimate of drug-likeness (QED) is 0.590. The van der Waals surface area contributed by atoms with Crippen molar-refractivity contribution in [3.8, 4) is 0 Å². The highest BCUT2D eigenvalue weighted by Gasteiger charge is 2.22. The number of nitrogens with two attached hydrogens (primary N) is 1. The number of hydrogen-bond donors (Lipinski definition) is 3. The van der Waals surface area contributed by atoms with Crippen LogP contribution >= 0.6 is 0 Å². The van der Waals surface area contributed by atoms with Gasteiger partial charge in [-0.3, -0.25) is 9.59 Å². The molecule has 102 valence electrons. The van der Waals surface area contributed by atoms with Crippen LogP contribution in [0.25, 0.3) is 0 Å². The van der Waals surface area contributed by atoms with Gasteiger partial charge >= 0.3 is 0 Å². The zero-order valence-electron chi connectivity index (χ0n) is 11.1. The molecule has 0 spiro atoms. The third kappa shape index (κ3) is 5.31. The van der Waals surface area contributed by atoms with Gasteiger partial charge < -0.3 is 16.4 Å². The average Bonchev–Trinajstić information content (AvgIpc) is 2.73. The van der Waals surface area contributed by atoms with E-state index in [1.54, 1.807) is 0 Å². The fourth-order valence-corrected chi connectivity index (χ4v) is 1.76. The Kier molecular flexibility index (Phi) is 5.85. The van der Waals surface area contributed by atoms with Gasteiger partial charge in [0.25, 0.3) is 0 Å². The van der Waals surface area contributed by atoms with Gasteiger partial charge in [-0.1, -0.05) is 26.0 Å². The summed E-state index contributed by atoms with van der Waals surface area (Å²) in [6.45, 7) is 5.13. The van der Waals surface area contributed by atoms with E-state index in [-0.39, 0.29) is 23.8 Å². The maximum absolute atomic E-state index is 11.7. The highest BCUT2D eigenvalue weighted by Crippen LogP contribution is 2.15. The van der Waals surface area contributed by atoms with Crippen molar-refractivity contribution in [3.05, 3.63) is 12.2 Å². The van der Waals surface area contributed by atoms with Crippen molar-refractivity contribution in [2.75, 3.05) is 13.1 Å². The van der Waals surface area contributed by atoms with Crippen molar-refractivity contribution in [1.82, 2.24) is 10.6 Å². The molecule has 0 aliphatic heterocycles. The van der Waals surface area contributed by atoms with Crippen LogP contribution in [-0.2, 0) is 9.59 Å². The summed E-state index contributed by atoms with van der Waals surface area (Å²) in [5, 5.41) is 5.57. The van der Waals surface area contributed by atoms with E-state index in [4.69, 9.17) is 5.73 Å². The summed E-state index contributed by atoms with van der Waals surface area (Å²) in [7, 11) is 0. The van der Waals surface area contributed by atoms with Gasteiger partial charge in [0.05, 0.1) is 5.92 Å². The highest BCUT2D eigenvalue weighted by molar-refractivity contribution is 5.82. The third-order valence-electron chi connectivity index (χ3n) is 2.81. The van der Waals surface area contributed by atoms with E-state index in [0.29, 0.717) is 31.8 Å². The monoisotopic (exact) mass is 253 g/mol. The topological polar surface area (TPSA) is 84.2 Å². The first-order valence-electron chi connectivity index (χ1n) is 6.47. The first kappa shape index (κ1) is 14.7. The smallest absolute Gasteiger partial charge is 0.227 e. The first-order chi connectivity index (χ1) is 8.49. The molecule has 4 N–H and O–H groups in total. The zero-order valence-corrected chi connectivity index (χ0v) is 11.1. The summed E-state index contributed by atoms with van der Waals surface area (Å²) >= 11 is 0. The minimum atomic E-state index is -0.140. The summed E-state index contributed by atoms with van der Waals surface area (Å²) in [6.07, 6.45) is 4.66. The molecule has 1 aliphatic rings.